The van der Waals surface area contributed by atoms with E-state index in [2.05, 4.69) is 15.1 Å². The number of nitrogens with zero attached hydrogens (tertiary/aromatic N) is 4. The van der Waals surface area contributed by atoms with Crippen LogP contribution in [0, 0.1) is 5.82 Å². The Morgan fingerprint density at radius 1 is 1.00 bits per heavy atom. The Bertz CT molecular complexity index is 1160. The number of hydrogen-bond donors (Lipinski definition) is 0. The lowest BCUT2D eigenvalue weighted by Crippen LogP contribution is -2.23. The molecule has 7 heteroatoms. The molecule has 0 radical (unpaired) electrons. The number of halogens is 1. The predicted octanol–water partition coefficient (Wildman–Crippen LogP) is 2.40. The second kappa shape index (κ2) is 6.37. The van der Waals surface area contributed by atoms with Crippen molar-refractivity contribution in [1.29, 1.82) is 0 Å². The summed E-state index contributed by atoms with van der Waals surface area (Å²) in [5.41, 5.74) is 1.52. The number of thiazole rings is 1. The quantitative estimate of drug-likeness (QED) is 0.569. The molecule has 0 N–H and O–H groups in total. The van der Waals surface area contributed by atoms with E-state index in [-0.39, 0.29) is 11.4 Å². The van der Waals surface area contributed by atoms with Crippen molar-refractivity contribution in [3.05, 3.63) is 86.4 Å². The van der Waals surface area contributed by atoms with Crippen molar-refractivity contribution in [3.63, 3.8) is 0 Å². The van der Waals surface area contributed by atoms with E-state index < -0.39 is 0 Å². The summed E-state index contributed by atoms with van der Waals surface area (Å²) >= 11 is 1.28. The minimum atomic E-state index is -0.285. The summed E-state index contributed by atoms with van der Waals surface area (Å²) in [5, 5.41) is 4.22. The van der Waals surface area contributed by atoms with Crippen molar-refractivity contribution in [1.82, 2.24) is 19.6 Å². The van der Waals surface area contributed by atoms with Gasteiger partial charge in [-0.1, -0.05) is 29.5 Å². The van der Waals surface area contributed by atoms with E-state index in [4.69, 9.17) is 0 Å². The maximum Gasteiger partial charge on any atom is 0.291 e. The van der Waals surface area contributed by atoms with Crippen molar-refractivity contribution in [2.24, 2.45) is 0 Å². The van der Waals surface area contributed by atoms with Crippen LogP contribution < -0.4 is 10.1 Å². The molecule has 0 amide bonds. The number of fused-ring (bicyclic) bond motifs is 1. The van der Waals surface area contributed by atoms with Crippen LogP contribution in [0.2, 0.25) is 0 Å². The smallest absolute Gasteiger partial charge is 0.266 e. The average Bonchev–Trinajstić information content (AvgIpc) is 3.15. The molecular weight excluding hydrogens is 339 g/mol. The fraction of sp³-hybridized carbons (Fsp3) is 0. The van der Waals surface area contributed by atoms with Crippen LogP contribution in [0.25, 0.3) is 23.2 Å². The fourth-order valence-corrected chi connectivity index (χ4v) is 3.19. The molecule has 3 heterocycles. The summed E-state index contributed by atoms with van der Waals surface area (Å²) in [6.07, 6.45) is 8.60. The molecular formula is C18H11FN4OS. The zero-order valence-corrected chi connectivity index (χ0v) is 13.7. The second-order valence-electron chi connectivity index (χ2n) is 5.25. The van der Waals surface area contributed by atoms with Crippen LogP contribution in [0.4, 0.5) is 4.39 Å². The first kappa shape index (κ1) is 15.3. The minimum Gasteiger partial charge on any atom is -0.266 e. The summed E-state index contributed by atoms with van der Waals surface area (Å²) in [5.74, 6) is 0.148. The van der Waals surface area contributed by atoms with Gasteiger partial charge in [0.2, 0.25) is 4.96 Å². The van der Waals surface area contributed by atoms with Gasteiger partial charge in [-0.25, -0.2) is 4.39 Å². The van der Waals surface area contributed by atoms with Crippen LogP contribution in [-0.2, 0) is 0 Å². The highest BCUT2D eigenvalue weighted by Crippen LogP contribution is 2.09. The van der Waals surface area contributed by atoms with Crippen LogP contribution in [0.1, 0.15) is 17.0 Å². The lowest BCUT2D eigenvalue weighted by molar-refractivity contribution is 0.628. The van der Waals surface area contributed by atoms with Crippen LogP contribution in [0.15, 0.2) is 53.6 Å². The summed E-state index contributed by atoms with van der Waals surface area (Å²) in [6, 6.07) is 9.74. The van der Waals surface area contributed by atoms with E-state index in [9.17, 15) is 9.18 Å². The topological polar surface area (TPSA) is 60.2 Å². The van der Waals surface area contributed by atoms with Gasteiger partial charge in [0.1, 0.15) is 5.82 Å². The van der Waals surface area contributed by atoms with Crippen molar-refractivity contribution in [2.75, 3.05) is 0 Å². The van der Waals surface area contributed by atoms with Gasteiger partial charge < -0.3 is 0 Å². The highest BCUT2D eigenvalue weighted by atomic mass is 32.1. The van der Waals surface area contributed by atoms with Crippen molar-refractivity contribution in [3.8, 4) is 0 Å². The van der Waals surface area contributed by atoms with Gasteiger partial charge in [0.25, 0.3) is 5.56 Å². The van der Waals surface area contributed by atoms with E-state index in [1.807, 2.05) is 12.1 Å². The van der Waals surface area contributed by atoms with E-state index in [0.29, 0.717) is 15.3 Å². The fourth-order valence-electron chi connectivity index (χ4n) is 2.28. The number of aromatic nitrogens is 4. The Kier molecular flexibility index (Phi) is 3.91. The third kappa shape index (κ3) is 3.22. The number of pyridine rings is 1. The van der Waals surface area contributed by atoms with E-state index in [1.54, 1.807) is 42.8 Å². The van der Waals surface area contributed by atoms with E-state index in [0.717, 1.165) is 11.1 Å². The number of rotatable bonds is 3. The predicted molar refractivity (Wildman–Crippen MR) is 95.5 cm³/mol. The molecule has 0 saturated carbocycles. The Balaban J connectivity index is 1.67. The Labute approximate surface area is 145 Å². The first-order chi connectivity index (χ1) is 12.2. The molecule has 0 fully saturated rings. The van der Waals surface area contributed by atoms with E-state index >= 15 is 0 Å². The van der Waals surface area contributed by atoms with Gasteiger partial charge in [-0.2, -0.15) is 9.50 Å². The molecule has 0 bridgehead atoms. The molecule has 25 heavy (non-hydrogen) atoms. The summed E-state index contributed by atoms with van der Waals surface area (Å²) in [4.78, 5) is 21.2. The molecule has 0 aliphatic carbocycles. The molecule has 0 spiro atoms. The van der Waals surface area contributed by atoms with Crippen LogP contribution >= 0.6 is 11.3 Å². The van der Waals surface area contributed by atoms with Gasteiger partial charge in [-0.3, -0.25) is 9.78 Å². The normalized spacial score (nSPS) is 12.4. The molecule has 3 aromatic heterocycles. The Hall–Kier alpha value is -3.19. The summed E-state index contributed by atoms with van der Waals surface area (Å²) in [7, 11) is 0. The Morgan fingerprint density at radius 2 is 1.76 bits per heavy atom. The van der Waals surface area contributed by atoms with Crippen LogP contribution in [0.5, 0.6) is 0 Å². The molecule has 0 atom stereocenters. The molecule has 5 nitrogen and oxygen atoms in total. The first-order valence-electron chi connectivity index (χ1n) is 7.44. The lowest BCUT2D eigenvalue weighted by atomic mass is 10.2. The van der Waals surface area contributed by atoms with Crippen LogP contribution in [0.3, 0.4) is 0 Å². The largest absolute Gasteiger partial charge is 0.291 e. The number of hydrogen-bond acceptors (Lipinski definition) is 5. The number of benzene rings is 1. The van der Waals surface area contributed by atoms with Crippen LogP contribution in [-0.4, -0.2) is 19.6 Å². The van der Waals surface area contributed by atoms with Crippen molar-refractivity contribution >= 4 is 34.5 Å². The monoisotopic (exact) mass is 350 g/mol. The average molecular weight is 350 g/mol. The standard InChI is InChI=1S/C18H11FN4OS/c19-14-4-1-12(2-5-14)3-6-16-21-18-23(22-16)17(24)15(25-18)11-13-7-9-20-10-8-13/h1-11H/b6-3+,15-11-. The van der Waals surface area contributed by atoms with Gasteiger partial charge in [0.05, 0.1) is 4.53 Å². The lowest BCUT2D eigenvalue weighted by Gasteiger charge is -1.91. The van der Waals surface area contributed by atoms with Crippen molar-refractivity contribution in [2.45, 2.75) is 0 Å². The summed E-state index contributed by atoms with van der Waals surface area (Å²) in [6.45, 7) is 0. The molecule has 4 aromatic rings. The van der Waals surface area contributed by atoms with E-state index in [1.165, 1.54) is 28.0 Å². The first-order valence-corrected chi connectivity index (χ1v) is 8.26. The summed E-state index contributed by atoms with van der Waals surface area (Å²) < 4.78 is 14.8. The Morgan fingerprint density at radius 3 is 2.48 bits per heavy atom. The molecule has 0 unspecified atom stereocenters. The third-order valence-corrected chi connectivity index (χ3v) is 4.46. The molecule has 0 aliphatic rings. The maximum atomic E-state index is 12.9. The molecule has 0 aliphatic heterocycles. The molecule has 0 saturated heterocycles. The minimum absolute atomic E-state index is 0.203. The highest BCUT2D eigenvalue weighted by Gasteiger charge is 2.08. The van der Waals surface area contributed by atoms with Gasteiger partial charge >= 0.3 is 0 Å². The van der Waals surface area contributed by atoms with Gasteiger partial charge in [0, 0.05) is 12.4 Å². The van der Waals surface area contributed by atoms with Gasteiger partial charge in [-0.15, -0.1) is 5.10 Å². The highest BCUT2D eigenvalue weighted by molar-refractivity contribution is 7.15. The van der Waals surface area contributed by atoms with Gasteiger partial charge in [0.15, 0.2) is 5.82 Å². The maximum absolute atomic E-state index is 12.9. The zero-order valence-electron chi connectivity index (χ0n) is 12.8. The molecule has 122 valence electrons. The zero-order chi connectivity index (χ0) is 17.2. The molecule has 1 aromatic carbocycles. The molecule has 4 rings (SSSR count). The third-order valence-electron chi connectivity index (χ3n) is 3.50. The second-order valence-corrected chi connectivity index (χ2v) is 6.25. The van der Waals surface area contributed by atoms with Gasteiger partial charge in [-0.05, 0) is 47.5 Å². The van der Waals surface area contributed by atoms with Crippen molar-refractivity contribution < 1.29 is 4.39 Å². The SMILES string of the molecule is O=c1/c(=C/c2ccncc2)sc2nc(/C=C/c3ccc(F)cc3)nn12.